The van der Waals surface area contributed by atoms with Gasteiger partial charge in [-0.15, -0.1) is 12.4 Å². The summed E-state index contributed by atoms with van der Waals surface area (Å²) < 4.78 is 5.48. The second-order valence-corrected chi connectivity index (χ2v) is 8.35. The molecule has 1 heterocycles. The van der Waals surface area contributed by atoms with Crippen LogP contribution in [-0.4, -0.2) is 23.4 Å². The summed E-state index contributed by atoms with van der Waals surface area (Å²) in [5.74, 6) is -1.03. The molecule has 0 unspecified atom stereocenters. The number of esters is 1. The second kappa shape index (κ2) is 11.6. The minimum atomic E-state index is -0.500. The highest BCUT2D eigenvalue weighted by Gasteiger charge is 2.19. The van der Waals surface area contributed by atoms with Gasteiger partial charge in [-0.1, -0.05) is 48.0 Å². The molecule has 1 atom stereocenters. The van der Waals surface area contributed by atoms with Gasteiger partial charge >= 0.3 is 5.97 Å². The number of carbonyl (C=O) groups is 2. The number of hydrogen-bond acceptors (Lipinski definition) is 5. The van der Waals surface area contributed by atoms with Gasteiger partial charge in [-0.25, -0.2) is 4.79 Å². The van der Waals surface area contributed by atoms with Crippen LogP contribution in [0.15, 0.2) is 79.1 Å². The molecule has 0 aliphatic carbocycles. The summed E-state index contributed by atoms with van der Waals surface area (Å²) in [5, 5.41) is 4.96. The number of nitrogens with two attached hydrogens (primary N) is 1. The first-order chi connectivity index (χ1) is 16.4. The Morgan fingerprint density at radius 3 is 2.46 bits per heavy atom. The lowest BCUT2D eigenvalue weighted by Gasteiger charge is -2.16. The Balaban J connectivity index is 0.00000342. The average Bonchev–Trinajstić information content (AvgIpc) is 2.83. The number of carbonyl (C=O) groups excluding carboxylic acids is 2. The molecule has 3 aromatic carbocycles. The molecule has 6 nitrogen and oxygen atoms in total. The molecule has 1 amide bonds. The van der Waals surface area contributed by atoms with Crippen molar-refractivity contribution >= 4 is 40.7 Å². The highest BCUT2D eigenvalue weighted by molar-refractivity contribution is 5.98. The second-order valence-electron chi connectivity index (χ2n) is 8.35. The van der Waals surface area contributed by atoms with Gasteiger partial charge in [0.15, 0.2) is 0 Å². The van der Waals surface area contributed by atoms with Gasteiger partial charge in [0.05, 0.1) is 11.5 Å². The summed E-state index contributed by atoms with van der Waals surface area (Å²) in [4.78, 5) is 29.4. The number of aryl methyl sites for hydroxylation is 2. The van der Waals surface area contributed by atoms with E-state index < -0.39 is 5.92 Å². The number of nitrogens with zero attached hydrogens (tertiary/aromatic N) is 1. The van der Waals surface area contributed by atoms with Crippen LogP contribution < -0.4 is 11.1 Å². The fourth-order valence-electron chi connectivity index (χ4n) is 3.90. The van der Waals surface area contributed by atoms with Crippen LogP contribution in [0.25, 0.3) is 10.8 Å². The van der Waals surface area contributed by atoms with E-state index in [1.54, 1.807) is 18.5 Å². The molecule has 0 saturated heterocycles. The van der Waals surface area contributed by atoms with Crippen molar-refractivity contribution in [3.63, 3.8) is 0 Å². The average molecular weight is 490 g/mol. The maximum atomic E-state index is 12.9. The Morgan fingerprint density at radius 1 is 0.971 bits per heavy atom. The van der Waals surface area contributed by atoms with E-state index in [2.05, 4.69) is 10.3 Å². The molecule has 3 N–H and O–H groups in total. The standard InChI is InChI=1S/C28H27N3O3.ClH/c1-18-3-10-25(19(2)13-18)28(33)34-17-20-4-6-21(7-5-20)26(15-29)27(32)31-24-9-8-23-16-30-12-11-22(23)14-24;/h3-14,16,26H,15,17,29H2,1-2H3,(H,31,32);1H/t26-;/m1./s1. The van der Waals surface area contributed by atoms with E-state index >= 15 is 0 Å². The van der Waals surface area contributed by atoms with Gasteiger partial charge in [0, 0.05) is 30.0 Å². The monoisotopic (exact) mass is 489 g/mol. The summed E-state index contributed by atoms with van der Waals surface area (Å²) >= 11 is 0. The minimum Gasteiger partial charge on any atom is -0.457 e. The molecule has 7 heteroatoms. The molecule has 35 heavy (non-hydrogen) atoms. The predicted molar refractivity (Wildman–Crippen MR) is 141 cm³/mol. The smallest absolute Gasteiger partial charge is 0.338 e. The third-order valence-corrected chi connectivity index (χ3v) is 5.81. The number of fused-ring (bicyclic) bond motifs is 1. The van der Waals surface area contributed by atoms with Crippen LogP contribution in [0.2, 0.25) is 0 Å². The Morgan fingerprint density at radius 2 is 1.74 bits per heavy atom. The maximum absolute atomic E-state index is 12.9. The van der Waals surface area contributed by atoms with Gasteiger partial charge < -0.3 is 15.8 Å². The molecule has 0 bridgehead atoms. The van der Waals surface area contributed by atoms with E-state index in [1.165, 1.54) is 0 Å². The predicted octanol–water partition coefficient (Wildman–Crippen LogP) is 5.31. The minimum absolute atomic E-state index is 0. The Labute approximate surface area is 210 Å². The molecular weight excluding hydrogens is 462 g/mol. The van der Waals surface area contributed by atoms with E-state index in [0.717, 1.165) is 33.0 Å². The van der Waals surface area contributed by atoms with Crippen LogP contribution in [0.3, 0.4) is 0 Å². The number of rotatable bonds is 7. The summed E-state index contributed by atoms with van der Waals surface area (Å²) in [6, 6.07) is 20.6. The number of ether oxygens (including phenoxy) is 1. The van der Waals surface area contributed by atoms with Gasteiger partial charge in [-0.3, -0.25) is 9.78 Å². The number of aromatic nitrogens is 1. The number of pyridine rings is 1. The lowest BCUT2D eigenvalue weighted by Crippen LogP contribution is -2.27. The number of hydrogen-bond donors (Lipinski definition) is 2. The number of halogens is 1. The summed E-state index contributed by atoms with van der Waals surface area (Å²) in [6.45, 7) is 4.20. The molecule has 0 aliphatic rings. The van der Waals surface area contributed by atoms with Gasteiger partial charge in [0.2, 0.25) is 5.91 Å². The van der Waals surface area contributed by atoms with Crippen molar-refractivity contribution in [3.8, 4) is 0 Å². The van der Waals surface area contributed by atoms with Crippen LogP contribution in [0.4, 0.5) is 5.69 Å². The third-order valence-electron chi connectivity index (χ3n) is 5.81. The van der Waals surface area contributed by atoms with Gasteiger partial charge in [0.25, 0.3) is 0 Å². The van der Waals surface area contributed by atoms with Crippen LogP contribution in [-0.2, 0) is 16.1 Å². The highest BCUT2D eigenvalue weighted by atomic mass is 35.5. The molecule has 0 radical (unpaired) electrons. The van der Waals surface area contributed by atoms with Crippen LogP contribution in [0.1, 0.15) is 38.5 Å². The van der Waals surface area contributed by atoms with Gasteiger partial charge in [-0.2, -0.15) is 0 Å². The van der Waals surface area contributed by atoms with Crippen molar-refractivity contribution in [2.24, 2.45) is 5.73 Å². The van der Waals surface area contributed by atoms with Crippen molar-refractivity contribution < 1.29 is 14.3 Å². The normalized spacial score (nSPS) is 11.4. The Kier molecular flexibility index (Phi) is 8.58. The molecular formula is C28H28ClN3O3. The zero-order valence-corrected chi connectivity index (χ0v) is 20.5. The number of anilines is 1. The largest absolute Gasteiger partial charge is 0.457 e. The summed E-state index contributed by atoms with van der Waals surface area (Å²) in [6.07, 6.45) is 3.50. The first kappa shape index (κ1) is 25.9. The summed E-state index contributed by atoms with van der Waals surface area (Å²) in [5.41, 5.74) is 10.8. The lowest BCUT2D eigenvalue weighted by atomic mass is 9.97. The van der Waals surface area contributed by atoms with Crippen LogP contribution >= 0.6 is 12.4 Å². The molecule has 4 aromatic rings. The molecule has 0 fully saturated rings. The summed E-state index contributed by atoms with van der Waals surface area (Å²) in [7, 11) is 0. The van der Waals surface area contributed by atoms with E-state index in [1.807, 2.05) is 74.5 Å². The van der Waals surface area contributed by atoms with Crippen molar-refractivity contribution in [2.45, 2.75) is 26.4 Å². The Hall–Kier alpha value is -3.74. The van der Waals surface area contributed by atoms with Crippen LogP contribution in [0.5, 0.6) is 0 Å². The van der Waals surface area contributed by atoms with Crippen molar-refractivity contribution in [2.75, 3.05) is 11.9 Å². The van der Waals surface area contributed by atoms with E-state index in [-0.39, 0.29) is 37.4 Å². The molecule has 0 saturated carbocycles. The SMILES string of the molecule is Cc1ccc(C(=O)OCc2ccc([C@@H](CN)C(=O)Nc3ccc4cnccc4c3)cc2)c(C)c1.Cl. The number of benzene rings is 3. The molecule has 4 rings (SSSR count). The highest BCUT2D eigenvalue weighted by Crippen LogP contribution is 2.22. The van der Waals surface area contributed by atoms with Gasteiger partial charge in [-0.05, 0) is 60.2 Å². The first-order valence-electron chi connectivity index (χ1n) is 11.1. The molecule has 1 aromatic heterocycles. The fraction of sp³-hybridized carbons (Fsp3) is 0.179. The molecule has 0 spiro atoms. The first-order valence-corrected chi connectivity index (χ1v) is 11.1. The zero-order valence-electron chi connectivity index (χ0n) is 19.7. The van der Waals surface area contributed by atoms with E-state index in [9.17, 15) is 9.59 Å². The fourth-order valence-corrected chi connectivity index (χ4v) is 3.90. The maximum Gasteiger partial charge on any atom is 0.338 e. The quantitative estimate of drug-likeness (QED) is 0.343. The zero-order chi connectivity index (χ0) is 24.1. The van der Waals surface area contributed by atoms with Crippen molar-refractivity contribution in [1.82, 2.24) is 4.98 Å². The Bertz CT molecular complexity index is 1340. The van der Waals surface area contributed by atoms with E-state index in [0.29, 0.717) is 11.3 Å². The lowest BCUT2D eigenvalue weighted by molar-refractivity contribution is -0.117. The van der Waals surface area contributed by atoms with Crippen molar-refractivity contribution in [3.05, 3.63) is 107 Å². The third kappa shape index (κ3) is 6.23. The topological polar surface area (TPSA) is 94.3 Å². The van der Waals surface area contributed by atoms with Gasteiger partial charge in [0.1, 0.15) is 6.61 Å². The molecule has 180 valence electrons. The van der Waals surface area contributed by atoms with Crippen LogP contribution in [0, 0.1) is 13.8 Å². The number of nitrogens with one attached hydrogen (secondary N) is 1. The molecule has 0 aliphatic heterocycles. The number of amides is 1. The van der Waals surface area contributed by atoms with Crippen molar-refractivity contribution in [1.29, 1.82) is 0 Å². The van der Waals surface area contributed by atoms with E-state index in [4.69, 9.17) is 10.5 Å².